The van der Waals surface area contributed by atoms with Crippen molar-refractivity contribution in [3.63, 3.8) is 0 Å². The summed E-state index contributed by atoms with van der Waals surface area (Å²) in [7, 11) is 0. The van der Waals surface area contributed by atoms with Gasteiger partial charge < -0.3 is 15.2 Å². The Hall–Kier alpha value is -1.56. The molecule has 1 rings (SSSR count). The monoisotopic (exact) mass is 286 g/mol. The molecule has 2 N–H and O–H groups in total. The summed E-state index contributed by atoms with van der Waals surface area (Å²) in [6, 6.07) is -0.903. The third kappa shape index (κ3) is 7.13. The van der Waals surface area contributed by atoms with Gasteiger partial charge in [0, 0.05) is 6.54 Å². The number of carboxylic acid groups (broad SMARTS) is 1. The minimum Gasteiger partial charge on any atom is -0.479 e. The van der Waals surface area contributed by atoms with Crippen LogP contribution in [-0.2, 0) is 9.53 Å². The van der Waals surface area contributed by atoms with Crippen LogP contribution in [0.2, 0.25) is 0 Å². The van der Waals surface area contributed by atoms with Crippen molar-refractivity contribution >= 4 is 12.1 Å². The van der Waals surface area contributed by atoms with E-state index in [4.69, 9.17) is 9.84 Å². The van der Waals surface area contributed by atoms with Gasteiger partial charge >= 0.3 is 12.1 Å². The van der Waals surface area contributed by atoms with E-state index in [0.29, 0.717) is 0 Å². The zero-order valence-electron chi connectivity index (χ0n) is 13.0. The Kier molecular flexibility index (Phi) is 7.91. The highest BCUT2D eigenvalue weighted by Crippen LogP contribution is 2.16. The molecule has 0 bridgehead atoms. The van der Waals surface area contributed by atoms with Crippen LogP contribution in [0.5, 0.6) is 0 Å². The Balaban J connectivity index is 0.000000621. The highest BCUT2D eigenvalue weighted by Gasteiger charge is 2.33. The van der Waals surface area contributed by atoms with Gasteiger partial charge in [-0.25, -0.2) is 9.59 Å². The van der Waals surface area contributed by atoms with Gasteiger partial charge in [0.05, 0.1) is 0 Å². The number of nitrogens with zero attached hydrogens (tertiary/aromatic N) is 1. The van der Waals surface area contributed by atoms with Crippen molar-refractivity contribution in [1.82, 2.24) is 10.2 Å². The van der Waals surface area contributed by atoms with Crippen molar-refractivity contribution in [2.45, 2.75) is 46.3 Å². The topological polar surface area (TPSA) is 78.9 Å². The molecule has 0 aromatic carbocycles. The first-order valence-electron chi connectivity index (χ1n) is 6.82. The maximum atomic E-state index is 11.6. The Morgan fingerprint density at radius 2 is 1.90 bits per heavy atom. The number of carbonyl (C=O) groups is 2. The van der Waals surface area contributed by atoms with Crippen molar-refractivity contribution in [3.05, 3.63) is 12.2 Å². The molecule has 1 aliphatic rings. The van der Waals surface area contributed by atoms with Crippen LogP contribution in [0.3, 0.4) is 0 Å². The molecule has 6 nitrogen and oxygen atoms in total. The van der Waals surface area contributed by atoms with Crippen LogP contribution in [0.15, 0.2) is 12.2 Å². The summed E-state index contributed by atoms with van der Waals surface area (Å²) >= 11 is 0. The highest BCUT2D eigenvalue weighted by molar-refractivity contribution is 5.83. The fraction of sp³-hybridized carbons (Fsp3) is 0.714. The molecule has 1 heterocycles. The molecule has 0 saturated carbocycles. The average Bonchev–Trinajstić information content (AvgIpc) is 2.77. The predicted molar refractivity (Wildman–Crippen MR) is 77.7 cm³/mol. The largest absolute Gasteiger partial charge is 0.479 e. The molecule has 0 aromatic rings. The molecule has 116 valence electrons. The number of rotatable bonds is 3. The molecule has 0 spiro atoms. The van der Waals surface area contributed by atoms with E-state index in [-0.39, 0.29) is 6.54 Å². The van der Waals surface area contributed by atoms with E-state index in [1.807, 2.05) is 0 Å². The van der Waals surface area contributed by atoms with Gasteiger partial charge in [-0.15, -0.1) is 0 Å². The quantitative estimate of drug-likeness (QED) is 0.774. The molecular weight excluding hydrogens is 260 g/mol. The summed E-state index contributed by atoms with van der Waals surface area (Å²) in [6.07, 6.45) is 2.52. The number of carbonyl (C=O) groups excluding carboxylic acids is 1. The molecule has 1 unspecified atom stereocenters. The van der Waals surface area contributed by atoms with E-state index in [0.717, 1.165) is 13.1 Å². The van der Waals surface area contributed by atoms with Crippen molar-refractivity contribution in [2.75, 3.05) is 19.6 Å². The third-order valence-corrected chi connectivity index (χ3v) is 2.34. The summed E-state index contributed by atoms with van der Waals surface area (Å²) in [6.45, 7) is 11.9. The number of nitrogens with one attached hydrogen (secondary N) is 1. The molecular formula is C14H26N2O4. The fourth-order valence-electron chi connectivity index (χ4n) is 1.50. The molecule has 20 heavy (non-hydrogen) atoms. The molecule has 0 aliphatic carbocycles. The van der Waals surface area contributed by atoms with Crippen molar-refractivity contribution in [1.29, 1.82) is 0 Å². The van der Waals surface area contributed by atoms with E-state index < -0.39 is 23.7 Å². The van der Waals surface area contributed by atoms with Crippen LogP contribution in [-0.4, -0.2) is 53.3 Å². The normalized spacial score (nSPS) is 17.4. The number of amides is 1. The van der Waals surface area contributed by atoms with Gasteiger partial charge in [-0.2, -0.15) is 0 Å². The van der Waals surface area contributed by atoms with Gasteiger partial charge in [-0.3, -0.25) is 4.90 Å². The van der Waals surface area contributed by atoms with Crippen LogP contribution >= 0.6 is 0 Å². The Morgan fingerprint density at radius 1 is 1.35 bits per heavy atom. The molecule has 1 atom stereocenters. The highest BCUT2D eigenvalue weighted by atomic mass is 16.6. The van der Waals surface area contributed by atoms with E-state index in [1.54, 1.807) is 26.8 Å². The molecule has 0 saturated heterocycles. The lowest BCUT2D eigenvalue weighted by Crippen LogP contribution is -2.43. The van der Waals surface area contributed by atoms with Gasteiger partial charge in [0.25, 0.3) is 0 Å². The van der Waals surface area contributed by atoms with E-state index in [1.165, 1.54) is 11.0 Å². The Bertz CT molecular complexity index is 346. The first kappa shape index (κ1) is 18.4. The lowest BCUT2D eigenvalue weighted by Gasteiger charge is -2.26. The Labute approximate surface area is 120 Å². The van der Waals surface area contributed by atoms with Gasteiger partial charge in [0.2, 0.25) is 0 Å². The molecule has 1 aliphatic heterocycles. The zero-order chi connectivity index (χ0) is 15.8. The summed E-state index contributed by atoms with van der Waals surface area (Å²) in [5.41, 5.74) is -0.608. The lowest BCUT2D eigenvalue weighted by molar-refractivity contribution is -0.140. The van der Waals surface area contributed by atoms with Crippen LogP contribution in [0.25, 0.3) is 0 Å². The second kappa shape index (κ2) is 8.58. The van der Waals surface area contributed by atoms with Gasteiger partial charge in [-0.1, -0.05) is 26.0 Å². The standard InChI is InChI=1S/C10H15NO4.C4H11N/c1-10(2,3)15-9(14)11-6-4-5-7(11)8(12)13;1-3-5-4-2/h4-5,7H,6H2,1-3H3,(H,12,13);5H,3-4H2,1-2H3. The lowest BCUT2D eigenvalue weighted by atomic mass is 10.2. The van der Waals surface area contributed by atoms with E-state index >= 15 is 0 Å². The zero-order valence-corrected chi connectivity index (χ0v) is 13.0. The average molecular weight is 286 g/mol. The second-order valence-electron chi connectivity index (χ2n) is 5.30. The fourth-order valence-corrected chi connectivity index (χ4v) is 1.50. The van der Waals surface area contributed by atoms with E-state index in [2.05, 4.69) is 19.2 Å². The smallest absolute Gasteiger partial charge is 0.411 e. The second-order valence-corrected chi connectivity index (χ2v) is 5.30. The number of aliphatic carboxylic acids is 1. The molecule has 0 aromatic heterocycles. The maximum absolute atomic E-state index is 11.6. The summed E-state index contributed by atoms with van der Waals surface area (Å²) < 4.78 is 5.09. The minimum absolute atomic E-state index is 0.284. The van der Waals surface area contributed by atoms with Crippen LogP contribution in [0.1, 0.15) is 34.6 Å². The third-order valence-electron chi connectivity index (χ3n) is 2.34. The van der Waals surface area contributed by atoms with Crippen molar-refractivity contribution in [3.8, 4) is 0 Å². The number of carboxylic acids is 1. The molecule has 1 amide bonds. The van der Waals surface area contributed by atoms with Gasteiger partial charge in [0.1, 0.15) is 5.60 Å². The molecule has 0 fully saturated rings. The number of ether oxygens (including phenoxy) is 1. The molecule has 0 radical (unpaired) electrons. The first-order valence-corrected chi connectivity index (χ1v) is 6.82. The van der Waals surface area contributed by atoms with Crippen LogP contribution < -0.4 is 5.32 Å². The van der Waals surface area contributed by atoms with Crippen LogP contribution in [0, 0.1) is 0 Å². The number of hydrogen-bond donors (Lipinski definition) is 2. The van der Waals surface area contributed by atoms with Crippen molar-refractivity contribution < 1.29 is 19.4 Å². The summed E-state index contributed by atoms with van der Waals surface area (Å²) in [5, 5.41) is 11.9. The SMILES string of the molecule is CC(C)(C)OC(=O)N1CC=CC1C(=O)O.CCNCC. The van der Waals surface area contributed by atoms with Gasteiger partial charge in [-0.05, 0) is 33.9 Å². The van der Waals surface area contributed by atoms with Crippen molar-refractivity contribution in [2.24, 2.45) is 0 Å². The summed E-state index contributed by atoms with van der Waals surface area (Å²) in [4.78, 5) is 23.5. The first-order chi connectivity index (χ1) is 9.22. The number of hydrogen-bond acceptors (Lipinski definition) is 4. The summed E-state index contributed by atoms with van der Waals surface area (Å²) in [5.74, 6) is -1.05. The predicted octanol–water partition coefficient (Wildman–Crippen LogP) is 1.86. The van der Waals surface area contributed by atoms with Crippen LogP contribution in [0.4, 0.5) is 4.79 Å². The maximum Gasteiger partial charge on any atom is 0.411 e. The Morgan fingerprint density at radius 3 is 2.25 bits per heavy atom. The van der Waals surface area contributed by atoms with Gasteiger partial charge in [0.15, 0.2) is 6.04 Å². The minimum atomic E-state index is -1.05. The van der Waals surface area contributed by atoms with E-state index in [9.17, 15) is 9.59 Å². The molecule has 6 heteroatoms.